The zero-order valence-corrected chi connectivity index (χ0v) is 12.5. The molecule has 0 spiro atoms. The minimum absolute atomic E-state index is 0.0441. The van der Waals surface area contributed by atoms with Gasteiger partial charge in [0.15, 0.2) is 0 Å². The standard InChI is InChI=1S/C19H20N2O/c22-19-17-8-4-5-13-21(17)18(20-19)16-11-9-15(10-12-16)14-6-2-1-3-7-14/h1-3,6-7,9-12,17-18H,4-5,8,13H2,(H,20,22)/t17-,18-/m1/s1. The average Bonchev–Trinajstić information content (AvgIpc) is 2.93. The van der Waals surface area contributed by atoms with Crippen molar-refractivity contribution in [2.24, 2.45) is 0 Å². The number of amides is 1. The third-order valence-electron chi connectivity index (χ3n) is 4.79. The second kappa shape index (κ2) is 5.58. The van der Waals surface area contributed by atoms with Gasteiger partial charge in [0.1, 0.15) is 6.17 Å². The van der Waals surface area contributed by atoms with Crippen molar-refractivity contribution in [1.29, 1.82) is 0 Å². The Kier molecular flexibility index (Phi) is 3.43. The number of fused-ring (bicyclic) bond motifs is 1. The number of rotatable bonds is 2. The van der Waals surface area contributed by atoms with Crippen LogP contribution < -0.4 is 5.32 Å². The molecule has 2 aliphatic heterocycles. The summed E-state index contributed by atoms with van der Waals surface area (Å²) in [6.07, 6.45) is 3.38. The van der Waals surface area contributed by atoms with Crippen LogP contribution in [0, 0.1) is 0 Å². The predicted octanol–water partition coefficient (Wildman–Crippen LogP) is 3.34. The van der Waals surface area contributed by atoms with Crippen molar-refractivity contribution in [3.8, 4) is 11.1 Å². The van der Waals surface area contributed by atoms with Gasteiger partial charge in [-0.15, -0.1) is 0 Å². The van der Waals surface area contributed by atoms with Crippen molar-refractivity contribution in [2.75, 3.05) is 6.54 Å². The molecule has 2 fully saturated rings. The molecule has 0 bridgehead atoms. The lowest BCUT2D eigenvalue weighted by Gasteiger charge is -2.31. The summed E-state index contributed by atoms with van der Waals surface area (Å²) in [6.45, 7) is 1.01. The summed E-state index contributed by atoms with van der Waals surface area (Å²) in [4.78, 5) is 14.5. The molecule has 2 atom stereocenters. The molecule has 2 aromatic carbocycles. The van der Waals surface area contributed by atoms with E-state index in [1.54, 1.807) is 0 Å². The minimum Gasteiger partial charge on any atom is -0.335 e. The fourth-order valence-corrected chi connectivity index (χ4v) is 3.62. The predicted molar refractivity (Wildman–Crippen MR) is 87.1 cm³/mol. The van der Waals surface area contributed by atoms with Crippen molar-refractivity contribution < 1.29 is 4.79 Å². The molecule has 0 aliphatic carbocycles. The molecule has 4 rings (SSSR count). The number of carbonyl (C=O) groups excluding carboxylic acids is 1. The Hall–Kier alpha value is -2.13. The van der Waals surface area contributed by atoms with Gasteiger partial charge in [-0.05, 0) is 29.5 Å². The van der Waals surface area contributed by atoms with Crippen LogP contribution in [-0.4, -0.2) is 23.4 Å². The zero-order valence-electron chi connectivity index (χ0n) is 12.5. The number of carbonyl (C=O) groups is 1. The van der Waals surface area contributed by atoms with Gasteiger partial charge in [0.2, 0.25) is 5.91 Å². The van der Waals surface area contributed by atoms with Gasteiger partial charge in [-0.3, -0.25) is 9.69 Å². The van der Waals surface area contributed by atoms with Gasteiger partial charge >= 0.3 is 0 Å². The smallest absolute Gasteiger partial charge is 0.238 e. The van der Waals surface area contributed by atoms with E-state index in [2.05, 4.69) is 58.7 Å². The molecule has 2 aliphatic rings. The summed E-state index contributed by atoms with van der Waals surface area (Å²) in [7, 11) is 0. The lowest BCUT2D eigenvalue weighted by atomic mass is 10.0. The average molecular weight is 292 g/mol. The topological polar surface area (TPSA) is 32.3 Å². The molecule has 0 unspecified atom stereocenters. The van der Waals surface area contributed by atoms with E-state index in [1.807, 2.05) is 6.07 Å². The highest BCUT2D eigenvalue weighted by molar-refractivity contribution is 5.84. The first-order valence-electron chi connectivity index (χ1n) is 8.04. The van der Waals surface area contributed by atoms with Crippen LogP contribution in [0.25, 0.3) is 11.1 Å². The van der Waals surface area contributed by atoms with Gasteiger partial charge in [-0.25, -0.2) is 0 Å². The number of benzene rings is 2. The van der Waals surface area contributed by atoms with Crippen molar-refractivity contribution in [1.82, 2.24) is 10.2 Å². The van der Waals surface area contributed by atoms with Crippen LogP contribution in [0.1, 0.15) is 31.0 Å². The first kappa shape index (κ1) is 13.5. The molecule has 2 heterocycles. The zero-order chi connectivity index (χ0) is 14.9. The van der Waals surface area contributed by atoms with Gasteiger partial charge in [0.05, 0.1) is 6.04 Å². The third-order valence-corrected chi connectivity index (χ3v) is 4.79. The Morgan fingerprint density at radius 2 is 1.64 bits per heavy atom. The van der Waals surface area contributed by atoms with Crippen LogP contribution >= 0.6 is 0 Å². The molecule has 0 aromatic heterocycles. The van der Waals surface area contributed by atoms with Crippen molar-refractivity contribution in [2.45, 2.75) is 31.5 Å². The van der Waals surface area contributed by atoms with Crippen LogP contribution in [-0.2, 0) is 4.79 Å². The highest BCUT2D eigenvalue weighted by atomic mass is 16.2. The van der Waals surface area contributed by atoms with E-state index < -0.39 is 0 Å². The van der Waals surface area contributed by atoms with Crippen molar-refractivity contribution in [3.05, 3.63) is 60.2 Å². The lowest BCUT2D eigenvalue weighted by Crippen LogP contribution is -2.38. The molecule has 0 saturated carbocycles. The Morgan fingerprint density at radius 3 is 2.41 bits per heavy atom. The van der Waals surface area contributed by atoms with Crippen molar-refractivity contribution >= 4 is 5.91 Å². The number of piperidine rings is 1. The van der Waals surface area contributed by atoms with Gasteiger partial charge in [0.25, 0.3) is 0 Å². The number of hydrogen-bond acceptors (Lipinski definition) is 2. The van der Waals surface area contributed by atoms with Gasteiger partial charge < -0.3 is 5.32 Å². The molecule has 3 heteroatoms. The minimum atomic E-state index is 0.0441. The highest BCUT2D eigenvalue weighted by Gasteiger charge is 2.41. The van der Waals surface area contributed by atoms with Crippen LogP contribution in [0.5, 0.6) is 0 Å². The first-order valence-corrected chi connectivity index (χ1v) is 8.04. The van der Waals surface area contributed by atoms with E-state index in [4.69, 9.17) is 0 Å². The Balaban J connectivity index is 1.60. The molecule has 2 aromatic rings. The summed E-state index contributed by atoms with van der Waals surface area (Å²) in [5.74, 6) is 0.192. The molecular formula is C19H20N2O. The van der Waals surface area contributed by atoms with E-state index in [-0.39, 0.29) is 18.1 Å². The van der Waals surface area contributed by atoms with Gasteiger partial charge in [-0.1, -0.05) is 61.0 Å². The number of nitrogens with one attached hydrogen (secondary N) is 1. The van der Waals surface area contributed by atoms with Crippen molar-refractivity contribution in [3.63, 3.8) is 0 Å². The van der Waals surface area contributed by atoms with Gasteiger partial charge in [-0.2, -0.15) is 0 Å². The molecule has 22 heavy (non-hydrogen) atoms. The molecule has 3 nitrogen and oxygen atoms in total. The van der Waals surface area contributed by atoms with E-state index in [0.717, 1.165) is 19.4 Å². The largest absolute Gasteiger partial charge is 0.335 e. The first-order chi connectivity index (χ1) is 10.8. The maximum absolute atomic E-state index is 12.1. The van der Waals surface area contributed by atoms with Crippen LogP contribution in [0.3, 0.4) is 0 Å². The van der Waals surface area contributed by atoms with E-state index in [0.29, 0.717) is 0 Å². The summed E-state index contributed by atoms with van der Waals surface area (Å²) >= 11 is 0. The second-order valence-electron chi connectivity index (χ2n) is 6.15. The molecule has 0 radical (unpaired) electrons. The fourth-order valence-electron chi connectivity index (χ4n) is 3.62. The molecule has 1 amide bonds. The maximum atomic E-state index is 12.1. The van der Waals surface area contributed by atoms with Crippen LogP contribution in [0.4, 0.5) is 0 Å². The van der Waals surface area contributed by atoms with E-state index >= 15 is 0 Å². The quantitative estimate of drug-likeness (QED) is 0.920. The summed E-state index contributed by atoms with van der Waals surface area (Å²) in [5, 5.41) is 3.16. The Bertz CT molecular complexity index is 666. The number of nitrogens with zero attached hydrogens (tertiary/aromatic N) is 1. The fraction of sp³-hybridized carbons (Fsp3) is 0.316. The summed E-state index contributed by atoms with van der Waals surface area (Å²) in [6, 6.07) is 19.0. The molecular weight excluding hydrogens is 272 g/mol. The van der Waals surface area contributed by atoms with E-state index in [9.17, 15) is 4.79 Å². The molecule has 1 N–H and O–H groups in total. The molecule has 112 valence electrons. The summed E-state index contributed by atoms with van der Waals surface area (Å²) < 4.78 is 0. The monoisotopic (exact) mass is 292 g/mol. The third kappa shape index (κ3) is 2.32. The van der Waals surface area contributed by atoms with E-state index in [1.165, 1.54) is 23.1 Å². The van der Waals surface area contributed by atoms with Crippen LogP contribution in [0.2, 0.25) is 0 Å². The van der Waals surface area contributed by atoms with Gasteiger partial charge in [0, 0.05) is 6.54 Å². The lowest BCUT2D eigenvalue weighted by molar-refractivity contribution is -0.122. The second-order valence-corrected chi connectivity index (χ2v) is 6.15. The maximum Gasteiger partial charge on any atom is 0.238 e. The molecule has 2 saturated heterocycles. The highest BCUT2D eigenvalue weighted by Crippen LogP contribution is 2.32. The summed E-state index contributed by atoms with van der Waals surface area (Å²) in [5.41, 5.74) is 3.61. The SMILES string of the molecule is O=C1N[C@@H](c2ccc(-c3ccccc3)cc2)N2CCCC[C@H]12. The van der Waals surface area contributed by atoms with Crippen LogP contribution in [0.15, 0.2) is 54.6 Å². The number of hydrogen-bond donors (Lipinski definition) is 1. The Morgan fingerprint density at radius 1 is 0.909 bits per heavy atom. The Labute approximate surface area is 131 Å². The normalized spacial score (nSPS) is 24.8.